The Hall–Kier alpha value is -0.0500. The Morgan fingerprint density at radius 2 is 1.91 bits per heavy atom. The van der Waals surface area contributed by atoms with Gasteiger partial charge in [-0.1, -0.05) is 28.1 Å². The molecule has 0 saturated heterocycles. The molecule has 1 aromatic rings. The first-order valence-electron chi connectivity index (χ1n) is 3.24. The summed E-state index contributed by atoms with van der Waals surface area (Å²) in [7, 11) is 0. The number of hydrogen-bond acceptors (Lipinski definition) is 1. The molecule has 0 radical (unpaired) electrons. The molecule has 0 fully saturated rings. The molecule has 0 aliphatic rings. The van der Waals surface area contributed by atoms with Gasteiger partial charge in [0.25, 0.3) is 0 Å². The van der Waals surface area contributed by atoms with E-state index in [0.29, 0.717) is 0 Å². The smallest absolute Gasteiger partial charge is 0.0816 e. The summed E-state index contributed by atoms with van der Waals surface area (Å²) >= 11 is 9.09. The minimum absolute atomic E-state index is 0.0246. The van der Waals surface area contributed by atoms with Crippen molar-refractivity contribution >= 4 is 27.5 Å². The molecule has 0 spiro atoms. The number of benzene rings is 1. The summed E-state index contributed by atoms with van der Waals surface area (Å²) in [6.45, 7) is -0.0246. The minimum Gasteiger partial charge on any atom is -0.394 e. The van der Waals surface area contributed by atoms with E-state index in [1.165, 1.54) is 0 Å². The Labute approximate surface area is 79.1 Å². The zero-order valence-corrected chi connectivity index (χ0v) is 8.14. The van der Waals surface area contributed by atoms with Crippen molar-refractivity contribution in [2.24, 2.45) is 0 Å². The normalized spacial score (nSPS) is 13.0. The SMILES string of the molecule is OCC(Cl)c1ccc(Br)cc1. The van der Waals surface area contributed by atoms with Gasteiger partial charge in [0.05, 0.1) is 12.0 Å². The van der Waals surface area contributed by atoms with E-state index in [-0.39, 0.29) is 12.0 Å². The number of rotatable bonds is 2. The highest BCUT2D eigenvalue weighted by Crippen LogP contribution is 2.21. The van der Waals surface area contributed by atoms with E-state index in [1.807, 2.05) is 24.3 Å². The van der Waals surface area contributed by atoms with Crippen molar-refractivity contribution in [3.63, 3.8) is 0 Å². The highest BCUT2D eigenvalue weighted by Gasteiger charge is 2.04. The van der Waals surface area contributed by atoms with Crippen LogP contribution < -0.4 is 0 Å². The van der Waals surface area contributed by atoms with Crippen molar-refractivity contribution in [1.29, 1.82) is 0 Å². The van der Waals surface area contributed by atoms with Gasteiger partial charge in [-0.05, 0) is 17.7 Å². The fraction of sp³-hybridized carbons (Fsp3) is 0.250. The molecule has 1 rings (SSSR count). The average molecular weight is 236 g/mol. The fourth-order valence-electron chi connectivity index (χ4n) is 0.777. The van der Waals surface area contributed by atoms with Crippen LogP contribution in [0.3, 0.4) is 0 Å². The number of aliphatic hydroxyl groups is 1. The second-order valence-corrected chi connectivity index (χ2v) is 3.64. The first-order valence-corrected chi connectivity index (χ1v) is 4.47. The van der Waals surface area contributed by atoms with Gasteiger partial charge in [-0.25, -0.2) is 0 Å². The van der Waals surface area contributed by atoms with Gasteiger partial charge in [0.1, 0.15) is 0 Å². The maximum atomic E-state index is 8.71. The molecule has 0 aliphatic heterocycles. The first-order chi connectivity index (χ1) is 5.24. The highest BCUT2D eigenvalue weighted by atomic mass is 79.9. The molecule has 11 heavy (non-hydrogen) atoms. The maximum absolute atomic E-state index is 8.71. The minimum atomic E-state index is -0.289. The van der Waals surface area contributed by atoms with Gasteiger partial charge in [0.15, 0.2) is 0 Å². The molecule has 0 aliphatic carbocycles. The molecule has 0 amide bonds. The third-order valence-electron chi connectivity index (χ3n) is 1.39. The number of hydrogen-bond donors (Lipinski definition) is 1. The van der Waals surface area contributed by atoms with Gasteiger partial charge in [-0.3, -0.25) is 0 Å². The van der Waals surface area contributed by atoms with Crippen molar-refractivity contribution < 1.29 is 5.11 Å². The zero-order chi connectivity index (χ0) is 8.27. The van der Waals surface area contributed by atoms with Gasteiger partial charge >= 0.3 is 0 Å². The van der Waals surface area contributed by atoms with Crippen LogP contribution in [0.25, 0.3) is 0 Å². The number of aliphatic hydroxyl groups excluding tert-OH is 1. The van der Waals surface area contributed by atoms with E-state index < -0.39 is 0 Å². The van der Waals surface area contributed by atoms with E-state index in [4.69, 9.17) is 16.7 Å². The van der Waals surface area contributed by atoms with E-state index in [0.717, 1.165) is 10.0 Å². The largest absolute Gasteiger partial charge is 0.394 e. The predicted octanol–water partition coefficient (Wildman–Crippen LogP) is 2.72. The Kier molecular flexibility index (Phi) is 3.37. The zero-order valence-electron chi connectivity index (χ0n) is 5.80. The lowest BCUT2D eigenvalue weighted by molar-refractivity contribution is 0.294. The third kappa shape index (κ3) is 2.47. The van der Waals surface area contributed by atoms with Crippen LogP contribution in [0.4, 0.5) is 0 Å². The molecule has 1 N–H and O–H groups in total. The van der Waals surface area contributed by atoms with Crippen molar-refractivity contribution in [2.45, 2.75) is 5.38 Å². The number of halogens is 2. The van der Waals surface area contributed by atoms with Crippen LogP contribution in [0.1, 0.15) is 10.9 Å². The molecule has 0 heterocycles. The molecule has 1 atom stereocenters. The van der Waals surface area contributed by atoms with E-state index in [1.54, 1.807) is 0 Å². The lowest BCUT2D eigenvalue weighted by atomic mass is 10.2. The summed E-state index contributed by atoms with van der Waals surface area (Å²) in [6, 6.07) is 7.58. The van der Waals surface area contributed by atoms with Crippen LogP contribution in [0.5, 0.6) is 0 Å². The van der Waals surface area contributed by atoms with Crippen LogP contribution in [-0.2, 0) is 0 Å². The van der Waals surface area contributed by atoms with Crippen molar-refractivity contribution in [2.75, 3.05) is 6.61 Å². The van der Waals surface area contributed by atoms with Gasteiger partial charge in [0, 0.05) is 4.47 Å². The Morgan fingerprint density at radius 1 is 1.36 bits per heavy atom. The summed E-state index contributed by atoms with van der Waals surface area (Å²) in [5.74, 6) is 0. The molecule has 0 bridgehead atoms. The Morgan fingerprint density at radius 3 is 2.36 bits per heavy atom. The first kappa shape index (κ1) is 9.04. The number of alkyl halides is 1. The van der Waals surface area contributed by atoms with Crippen LogP contribution in [-0.4, -0.2) is 11.7 Å². The quantitative estimate of drug-likeness (QED) is 0.782. The van der Waals surface area contributed by atoms with Crippen LogP contribution in [0, 0.1) is 0 Å². The lowest BCUT2D eigenvalue weighted by Gasteiger charge is -2.04. The molecule has 0 aromatic heterocycles. The van der Waals surface area contributed by atoms with Gasteiger partial charge < -0.3 is 5.11 Å². The van der Waals surface area contributed by atoms with E-state index >= 15 is 0 Å². The summed E-state index contributed by atoms with van der Waals surface area (Å²) in [4.78, 5) is 0. The monoisotopic (exact) mass is 234 g/mol. The Balaban J connectivity index is 2.81. The molecular weight excluding hydrogens is 227 g/mol. The highest BCUT2D eigenvalue weighted by molar-refractivity contribution is 9.10. The standard InChI is InChI=1S/C8H8BrClO/c9-7-3-1-6(2-4-7)8(10)5-11/h1-4,8,11H,5H2. The molecule has 1 nitrogen and oxygen atoms in total. The second kappa shape index (κ2) is 4.10. The van der Waals surface area contributed by atoms with Crippen molar-refractivity contribution in [3.05, 3.63) is 34.3 Å². The van der Waals surface area contributed by atoms with Crippen LogP contribution >= 0.6 is 27.5 Å². The van der Waals surface area contributed by atoms with Gasteiger partial charge in [0.2, 0.25) is 0 Å². The maximum Gasteiger partial charge on any atom is 0.0816 e. The Bertz CT molecular complexity index is 222. The third-order valence-corrected chi connectivity index (χ3v) is 2.31. The van der Waals surface area contributed by atoms with Gasteiger partial charge in [-0.15, -0.1) is 11.6 Å². The molecule has 60 valence electrons. The summed E-state index contributed by atoms with van der Waals surface area (Å²) in [5, 5.41) is 8.43. The van der Waals surface area contributed by atoms with E-state index in [2.05, 4.69) is 15.9 Å². The van der Waals surface area contributed by atoms with Crippen molar-refractivity contribution in [3.8, 4) is 0 Å². The van der Waals surface area contributed by atoms with Crippen LogP contribution in [0.2, 0.25) is 0 Å². The average Bonchev–Trinajstić information content (AvgIpc) is 2.05. The van der Waals surface area contributed by atoms with Gasteiger partial charge in [-0.2, -0.15) is 0 Å². The molecule has 0 saturated carbocycles. The molecular formula is C8H8BrClO. The van der Waals surface area contributed by atoms with Crippen LogP contribution in [0.15, 0.2) is 28.7 Å². The summed E-state index contributed by atoms with van der Waals surface area (Å²) in [5.41, 5.74) is 0.942. The topological polar surface area (TPSA) is 20.2 Å². The fourth-order valence-corrected chi connectivity index (χ4v) is 1.19. The van der Waals surface area contributed by atoms with E-state index in [9.17, 15) is 0 Å². The van der Waals surface area contributed by atoms with Crippen molar-refractivity contribution in [1.82, 2.24) is 0 Å². The molecule has 1 unspecified atom stereocenters. The molecule has 3 heteroatoms. The summed E-state index contributed by atoms with van der Waals surface area (Å²) in [6.07, 6.45) is 0. The summed E-state index contributed by atoms with van der Waals surface area (Å²) < 4.78 is 1.02. The lowest BCUT2D eigenvalue weighted by Crippen LogP contribution is -1.94. The predicted molar refractivity (Wildman–Crippen MR) is 49.8 cm³/mol. The molecule has 1 aromatic carbocycles. The second-order valence-electron chi connectivity index (χ2n) is 2.20.